The van der Waals surface area contributed by atoms with E-state index in [1.54, 1.807) is 18.3 Å². The molecule has 0 saturated heterocycles. The van der Waals surface area contributed by atoms with Crippen molar-refractivity contribution in [1.82, 2.24) is 20.4 Å². The van der Waals surface area contributed by atoms with Gasteiger partial charge in [0, 0.05) is 49.3 Å². The van der Waals surface area contributed by atoms with E-state index in [0.717, 1.165) is 5.56 Å². The second-order valence-electron chi connectivity index (χ2n) is 6.00. The van der Waals surface area contributed by atoms with Crippen LogP contribution < -0.4 is 5.32 Å². The summed E-state index contributed by atoms with van der Waals surface area (Å²) in [5, 5.41) is 6.76. The van der Waals surface area contributed by atoms with Gasteiger partial charge < -0.3 is 9.84 Å². The van der Waals surface area contributed by atoms with Crippen LogP contribution in [0.3, 0.4) is 0 Å². The highest BCUT2D eigenvalue weighted by molar-refractivity contribution is 5.97. The van der Waals surface area contributed by atoms with E-state index in [1.807, 2.05) is 30.3 Å². The van der Waals surface area contributed by atoms with E-state index in [4.69, 9.17) is 4.52 Å². The van der Waals surface area contributed by atoms with E-state index < -0.39 is 0 Å². The number of aryl methyl sites for hydroxylation is 1. The van der Waals surface area contributed by atoms with Gasteiger partial charge in [-0.1, -0.05) is 35.5 Å². The Morgan fingerprint density at radius 1 is 1.04 bits per heavy atom. The fourth-order valence-electron chi connectivity index (χ4n) is 2.52. The topological polar surface area (TPSA) is 98.0 Å². The smallest absolute Gasteiger partial charge is 0.227 e. The van der Waals surface area contributed by atoms with Crippen LogP contribution in [0.25, 0.3) is 11.4 Å². The summed E-state index contributed by atoms with van der Waals surface area (Å²) in [7, 11) is 0. The first-order valence-electron chi connectivity index (χ1n) is 8.80. The van der Waals surface area contributed by atoms with Gasteiger partial charge in [0.05, 0.1) is 0 Å². The van der Waals surface area contributed by atoms with E-state index in [1.165, 1.54) is 6.20 Å². The van der Waals surface area contributed by atoms with Crippen LogP contribution in [0.5, 0.6) is 0 Å². The Hall–Kier alpha value is -3.35. The van der Waals surface area contributed by atoms with Crippen molar-refractivity contribution in [1.29, 1.82) is 0 Å². The van der Waals surface area contributed by atoms with Crippen molar-refractivity contribution in [2.24, 2.45) is 0 Å². The maximum Gasteiger partial charge on any atom is 0.227 e. The van der Waals surface area contributed by atoms with Gasteiger partial charge in [0.2, 0.25) is 17.6 Å². The maximum atomic E-state index is 11.9. The van der Waals surface area contributed by atoms with Gasteiger partial charge in [0.15, 0.2) is 5.78 Å². The molecule has 0 spiro atoms. The van der Waals surface area contributed by atoms with Gasteiger partial charge in [-0.3, -0.25) is 14.6 Å². The molecule has 27 heavy (non-hydrogen) atoms. The molecule has 7 nitrogen and oxygen atoms in total. The third-order valence-corrected chi connectivity index (χ3v) is 3.95. The molecule has 0 fully saturated rings. The van der Waals surface area contributed by atoms with Gasteiger partial charge in [-0.2, -0.15) is 4.98 Å². The van der Waals surface area contributed by atoms with Crippen LogP contribution in [0.4, 0.5) is 0 Å². The summed E-state index contributed by atoms with van der Waals surface area (Å²) in [4.78, 5) is 32.0. The molecular formula is C20H20N4O3. The highest BCUT2D eigenvalue weighted by atomic mass is 16.5. The van der Waals surface area contributed by atoms with Crippen LogP contribution in [-0.2, 0) is 11.2 Å². The van der Waals surface area contributed by atoms with Crippen LogP contribution in [0.1, 0.15) is 35.5 Å². The minimum absolute atomic E-state index is 0.0856. The highest BCUT2D eigenvalue weighted by Crippen LogP contribution is 2.15. The summed E-state index contributed by atoms with van der Waals surface area (Å²) in [6, 6.07) is 13.0. The number of ketones is 1. The van der Waals surface area contributed by atoms with Crippen molar-refractivity contribution in [3.05, 3.63) is 66.3 Å². The lowest BCUT2D eigenvalue weighted by atomic mass is 10.1. The zero-order valence-corrected chi connectivity index (χ0v) is 14.8. The molecule has 2 heterocycles. The SMILES string of the molecule is O=C(CCC(=O)c1cccnc1)NCCCc1nc(-c2ccccc2)no1. The highest BCUT2D eigenvalue weighted by Gasteiger charge is 2.10. The summed E-state index contributed by atoms with van der Waals surface area (Å²) in [6.45, 7) is 0.489. The molecule has 3 rings (SSSR count). The van der Waals surface area contributed by atoms with Crippen LogP contribution in [0.15, 0.2) is 59.4 Å². The predicted octanol–water partition coefficient (Wildman–Crippen LogP) is 2.84. The number of hydrogen-bond acceptors (Lipinski definition) is 6. The van der Waals surface area contributed by atoms with Crippen LogP contribution in [-0.4, -0.2) is 33.4 Å². The number of carbonyl (C=O) groups is 2. The summed E-state index contributed by atoms with van der Waals surface area (Å²) >= 11 is 0. The fraction of sp³-hybridized carbons (Fsp3) is 0.250. The fourth-order valence-corrected chi connectivity index (χ4v) is 2.52. The summed E-state index contributed by atoms with van der Waals surface area (Å²) in [5.41, 5.74) is 1.43. The first kappa shape index (κ1) is 18.4. The Morgan fingerprint density at radius 3 is 2.67 bits per heavy atom. The lowest BCUT2D eigenvalue weighted by molar-refractivity contribution is -0.121. The molecule has 3 aromatic rings. The van der Waals surface area contributed by atoms with Gasteiger partial charge in [0.25, 0.3) is 0 Å². The third kappa shape index (κ3) is 5.57. The Kier molecular flexibility index (Phi) is 6.40. The third-order valence-electron chi connectivity index (χ3n) is 3.95. The molecule has 0 radical (unpaired) electrons. The van der Waals surface area contributed by atoms with Gasteiger partial charge in [-0.15, -0.1) is 0 Å². The van der Waals surface area contributed by atoms with Crippen LogP contribution in [0, 0.1) is 0 Å². The molecule has 1 N–H and O–H groups in total. The number of hydrogen-bond donors (Lipinski definition) is 1. The van der Waals surface area contributed by atoms with Crippen molar-refractivity contribution < 1.29 is 14.1 Å². The van der Waals surface area contributed by atoms with E-state index >= 15 is 0 Å². The minimum atomic E-state index is -0.150. The van der Waals surface area contributed by atoms with Gasteiger partial charge in [-0.05, 0) is 18.6 Å². The van der Waals surface area contributed by atoms with Gasteiger partial charge in [-0.25, -0.2) is 0 Å². The number of Topliss-reactive ketones (excluding diaryl/α,β-unsaturated/α-hetero) is 1. The average molecular weight is 364 g/mol. The molecule has 2 aromatic heterocycles. The predicted molar refractivity (Wildman–Crippen MR) is 98.9 cm³/mol. The number of carbonyl (C=O) groups excluding carboxylic acids is 2. The monoisotopic (exact) mass is 364 g/mol. The number of rotatable bonds is 9. The molecule has 1 aromatic carbocycles. The van der Waals surface area contributed by atoms with Gasteiger partial charge in [0.1, 0.15) is 0 Å². The Balaban J connectivity index is 1.35. The minimum Gasteiger partial charge on any atom is -0.356 e. The molecular weight excluding hydrogens is 344 g/mol. The zero-order valence-electron chi connectivity index (χ0n) is 14.8. The normalized spacial score (nSPS) is 10.5. The standard InChI is InChI=1S/C20H20N4O3/c25-17(16-8-4-12-21-14-16)10-11-18(26)22-13-5-9-19-23-20(24-27-19)15-6-2-1-3-7-15/h1-4,6-8,12,14H,5,9-11,13H2,(H,22,26). The van der Waals surface area contributed by atoms with Crippen molar-refractivity contribution in [3.8, 4) is 11.4 Å². The number of aromatic nitrogens is 3. The van der Waals surface area contributed by atoms with Crippen LogP contribution >= 0.6 is 0 Å². The second kappa shape index (κ2) is 9.38. The number of nitrogens with zero attached hydrogens (tertiary/aromatic N) is 3. The first-order valence-corrected chi connectivity index (χ1v) is 8.80. The zero-order chi connectivity index (χ0) is 18.9. The Bertz CT molecular complexity index is 879. The van der Waals surface area contributed by atoms with E-state index in [0.29, 0.717) is 36.7 Å². The van der Waals surface area contributed by atoms with Crippen molar-refractivity contribution in [2.75, 3.05) is 6.54 Å². The second-order valence-corrected chi connectivity index (χ2v) is 6.00. The largest absolute Gasteiger partial charge is 0.356 e. The van der Waals surface area contributed by atoms with Crippen molar-refractivity contribution in [3.63, 3.8) is 0 Å². The maximum absolute atomic E-state index is 11.9. The molecule has 0 unspecified atom stereocenters. The number of benzene rings is 1. The van der Waals surface area contributed by atoms with E-state index in [2.05, 4.69) is 20.4 Å². The quantitative estimate of drug-likeness (QED) is 0.463. The number of nitrogens with one attached hydrogen (secondary N) is 1. The van der Waals surface area contributed by atoms with Crippen LogP contribution in [0.2, 0.25) is 0 Å². The molecule has 0 saturated carbocycles. The summed E-state index contributed by atoms with van der Waals surface area (Å²) in [5.74, 6) is 0.860. The molecule has 0 aliphatic heterocycles. The van der Waals surface area contributed by atoms with Gasteiger partial charge >= 0.3 is 0 Å². The molecule has 7 heteroatoms. The number of amides is 1. The molecule has 1 amide bonds. The summed E-state index contributed by atoms with van der Waals surface area (Å²) < 4.78 is 5.23. The lowest BCUT2D eigenvalue weighted by Gasteiger charge is -2.04. The molecule has 0 aliphatic carbocycles. The lowest BCUT2D eigenvalue weighted by Crippen LogP contribution is -2.25. The average Bonchev–Trinajstić information content (AvgIpc) is 3.20. The van der Waals surface area contributed by atoms with E-state index in [-0.39, 0.29) is 24.5 Å². The molecule has 0 bridgehead atoms. The Labute approximate surface area is 156 Å². The van der Waals surface area contributed by atoms with E-state index in [9.17, 15) is 9.59 Å². The first-order chi connectivity index (χ1) is 13.2. The molecule has 0 aliphatic rings. The summed E-state index contributed by atoms with van der Waals surface area (Å²) in [6.07, 6.45) is 4.70. The van der Waals surface area contributed by atoms with Crippen molar-refractivity contribution >= 4 is 11.7 Å². The molecule has 138 valence electrons. The Morgan fingerprint density at radius 2 is 1.89 bits per heavy atom. The molecule has 0 atom stereocenters. The van der Waals surface area contributed by atoms with Crippen molar-refractivity contribution in [2.45, 2.75) is 25.7 Å². The number of pyridine rings is 1.